The SMILES string of the molecule is C[C@@H]1CCCN(S(=O)(=O)c2ccc3c(c2)nc(SCc2ccccc2OC(F)F)n3C[C@H]2CCCO2)C1. The minimum atomic E-state index is -3.62. The highest BCUT2D eigenvalue weighted by Gasteiger charge is 2.29. The molecule has 3 aromatic rings. The van der Waals surface area contributed by atoms with Gasteiger partial charge < -0.3 is 14.0 Å². The van der Waals surface area contributed by atoms with Crippen molar-refractivity contribution in [2.75, 3.05) is 19.7 Å². The largest absolute Gasteiger partial charge is 0.435 e. The van der Waals surface area contributed by atoms with Gasteiger partial charge in [-0.15, -0.1) is 0 Å². The number of para-hydroxylation sites is 1. The van der Waals surface area contributed by atoms with Crippen molar-refractivity contribution in [3.63, 3.8) is 0 Å². The zero-order chi connectivity index (χ0) is 26.0. The van der Waals surface area contributed by atoms with Crippen molar-refractivity contribution in [2.24, 2.45) is 5.92 Å². The van der Waals surface area contributed by atoms with Crippen LogP contribution in [0.4, 0.5) is 8.78 Å². The van der Waals surface area contributed by atoms with Gasteiger partial charge >= 0.3 is 6.61 Å². The number of sulfonamides is 1. The molecule has 0 bridgehead atoms. The normalized spacial score (nSPS) is 21.2. The van der Waals surface area contributed by atoms with Gasteiger partial charge in [0, 0.05) is 31.0 Å². The van der Waals surface area contributed by atoms with Crippen molar-refractivity contribution in [2.45, 2.75) is 67.7 Å². The zero-order valence-electron chi connectivity index (χ0n) is 20.7. The van der Waals surface area contributed by atoms with Gasteiger partial charge in [-0.05, 0) is 55.9 Å². The van der Waals surface area contributed by atoms with Crippen molar-refractivity contribution < 1.29 is 26.7 Å². The van der Waals surface area contributed by atoms with E-state index in [-0.39, 0.29) is 16.7 Å². The van der Waals surface area contributed by atoms with Gasteiger partial charge in [0.1, 0.15) is 5.75 Å². The predicted molar refractivity (Wildman–Crippen MR) is 138 cm³/mol. The third kappa shape index (κ3) is 5.94. The Hall–Kier alpha value is -2.21. The summed E-state index contributed by atoms with van der Waals surface area (Å²) in [5.41, 5.74) is 2.04. The molecule has 5 rings (SSSR count). The van der Waals surface area contributed by atoms with Gasteiger partial charge in [0.05, 0.1) is 28.6 Å². The molecule has 2 aliphatic heterocycles. The zero-order valence-corrected chi connectivity index (χ0v) is 22.3. The molecule has 0 unspecified atom stereocenters. The predicted octanol–water partition coefficient (Wildman–Crippen LogP) is 5.53. The van der Waals surface area contributed by atoms with Gasteiger partial charge in [0.2, 0.25) is 10.0 Å². The van der Waals surface area contributed by atoms with Crippen LogP contribution >= 0.6 is 11.8 Å². The Morgan fingerprint density at radius 1 is 1.19 bits per heavy atom. The Morgan fingerprint density at radius 2 is 2.03 bits per heavy atom. The minimum Gasteiger partial charge on any atom is -0.435 e. The van der Waals surface area contributed by atoms with E-state index in [4.69, 9.17) is 9.72 Å². The molecule has 0 spiro atoms. The molecule has 2 atom stereocenters. The number of thioether (sulfide) groups is 1. The summed E-state index contributed by atoms with van der Waals surface area (Å²) in [5, 5.41) is 0.679. The molecule has 0 N–H and O–H groups in total. The molecule has 200 valence electrons. The van der Waals surface area contributed by atoms with Crippen LogP contribution in [0.1, 0.15) is 38.2 Å². The summed E-state index contributed by atoms with van der Waals surface area (Å²) < 4.78 is 66.7. The van der Waals surface area contributed by atoms with E-state index >= 15 is 0 Å². The van der Waals surface area contributed by atoms with Crippen molar-refractivity contribution >= 4 is 32.8 Å². The molecular weight excluding hydrogens is 520 g/mol. The summed E-state index contributed by atoms with van der Waals surface area (Å²) in [5.74, 6) is 0.836. The highest BCUT2D eigenvalue weighted by molar-refractivity contribution is 7.98. The number of fused-ring (bicyclic) bond motifs is 1. The van der Waals surface area contributed by atoms with Crippen LogP contribution in [0.5, 0.6) is 5.75 Å². The van der Waals surface area contributed by atoms with E-state index in [2.05, 4.69) is 11.7 Å². The molecule has 0 amide bonds. The number of rotatable bonds is 9. The van der Waals surface area contributed by atoms with Crippen molar-refractivity contribution in [1.82, 2.24) is 13.9 Å². The second-order valence-corrected chi connectivity index (χ2v) is 12.6. The van der Waals surface area contributed by atoms with Crippen LogP contribution < -0.4 is 4.74 Å². The monoisotopic (exact) mass is 551 g/mol. The maximum atomic E-state index is 13.4. The smallest absolute Gasteiger partial charge is 0.387 e. The fourth-order valence-corrected chi connectivity index (χ4v) is 7.65. The number of alkyl halides is 2. The van der Waals surface area contributed by atoms with E-state index in [1.54, 1.807) is 34.6 Å². The van der Waals surface area contributed by atoms with Crippen molar-refractivity contribution in [3.8, 4) is 5.75 Å². The van der Waals surface area contributed by atoms with E-state index in [9.17, 15) is 17.2 Å². The van der Waals surface area contributed by atoms with Crippen LogP contribution in [-0.4, -0.2) is 54.7 Å². The molecule has 11 heteroatoms. The molecule has 0 radical (unpaired) electrons. The number of hydrogen-bond acceptors (Lipinski definition) is 6. The van der Waals surface area contributed by atoms with Crippen LogP contribution in [0, 0.1) is 5.92 Å². The molecule has 7 nitrogen and oxygen atoms in total. The molecule has 0 aliphatic carbocycles. The first-order chi connectivity index (χ1) is 17.8. The lowest BCUT2D eigenvalue weighted by atomic mass is 10.0. The summed E-state index contributed by atoms with van der Waals surface area (Å²) in [6.07, 6.45) is 3.87. The molecule has 2 aliphatic rings. The topological polar surface area (TPSA) is 73.7 Å². The number of benzene rings is 2. The molecule has 0 saturated carbocycles. The van der Waals surface area contributed by atoms with Gasteiger partial charge in [-0.3, -0.25) is 0 Å². The molecule has 3 heterocycles. The Morgan fingerprint density at radius 3 is 2.78 bits per heavy atom. The Bertz CT molecular complexity index is 1340. The highest BCUT2D eigenvalue weighted by atomic mass is 32.2. The fourth-order valence-electron chi connectivity index (χ4n) is 5.02. The first-order valence-electron chi connectivity index (χ1n) is 12.6. The number of imidazole rings is 1. The lowest BCUT2D eigenvalue weighted by Crippen LogP contribution is -2.39. The number of piperidine rings is 1. The molecule has 2 aromatic carbocycles. The Labute approximate surface area is 220 Å². The molecule has 37 heavy (non-hydrogen) atoms. The average Bonchev–Trinajstić information content (AvgIpc) is 3.51. The Balaban J connectivity index is 1.46. The van der Waals surface area contributed by atoms with E-state index in [0.717, 1.165) is 37.8 Å². The van der Waals surface area contributed by atoms with E-state index < -0.39 is 16.6 Å². The van der Waals surface area contributed by atoms with Crippen LogP contribution in [0.15, 0.2) is 52.5 Å². The minimum absolute atomic E-state index is 0.0458. The molecule has 2 fully saturated rings. The first-order valence-corrected chi connectivity index (χ1v) is 15.0. The van der Waals surface area contributed by atoms with Crippen LogP contribution in [0.25, 0.3) is 11.0 Å². The number of aromatic nitrogens is 2. The number of hydrogen-bond donors (Lipinski definition) is 0. The standard InChI is InChI=1S/C26H31F2N3O4S2/c1-18-6-4-12-30(15-18)37(32,33)21-10-11-23-22(14-21)29-26(31(23)16-20-8-5-13-34-20)36-17-19-7-2-3-9-24(19)35-25(27)28/h2-3,7,9-11,14,18,20,25H,4-6,8,12-13,15-17H2,1H3/t18-,20-/m1/s1. The van der Waals surface area contributed by atoms with E-state index in [1.807, 2.05) is 10.6 Å². The van der Waals surface area contributed by atoms with Gasteiger partial charge in [0.15, 0.2) is 5.16 Å². The number of ether oxygens (including phenoxy) is 2. The second-order valence-electron chi connectivity index (χ2n) is 9.68. The fraction of sp³-hybridized carbons (Fsp3) is 0.500. The van der Waals surface area contributed by atoms with Crippen LogP contribution in [0.3, 0.4) is 0 Å². The van der Waals surface area contributed by atoms with Crippen LogP contribution in [0.2, 0.25) is 0 Å². The number of nitrogens with zero attached hydrogens (tertiary/aromatic N) is 3. The van der Waals surface area contributed by atoms with Crippen LogP contribution in [-0.2, 0) is 27.1 Å². The van der Waals surface area contributed by atoms with Gasteiger partial charge in [0.25, 0.3) is 0 Å². The van der Waals surface area contributed by atoms with E-state index in [1.165, 1.54) is 17.8 Å². The first kappa shape index (κ1) is 26.4. The third-order valence-corrected chi connectivity index (χ3v) is 9.78. The average molecular weight is 552 g/mol. The van der Waals surface area contributed by atoms with Gasteiger partial charge in [-0.1, -0.05) is 36.9 Å². The lowest BCUT2D eigenvalue weighted by Gasteiger charge is -2.30. The maximum absolute atomic E-state index is 13.4. The third-order valence-electron chi connectivity index (χ3n) is 6.90. The number of halogens is 2. The van der Waals surface area contributed by atoms with Crippen molar-refractivity contribution in [1.29, 1.82) is 0 Å². The summed E-state index contributed by atoms with van der Waals surface area (Å²) in [6, 6.07) is 11.8. The Kier molecular flexibility index (Phi) is 8.04. The summed E-state index contributed by atoms with van der Waals surface area (Å²) in [6.45, 7) is 1.52. The maximum Gasteiger partial charge on any atom is 0.387 e. The van der Waals surface area contributed by atoms with Gasteiger partial charge in [-0.2, -0.15) is 13.1 Å². The van der Waals surface area contributed by atoms with E-state index in [0.29, 0.717) is 47.5 Å². The summed E-state index contributed by atoms with van der Waals surface area (Å²) >= 11 is 1.40. The summed E-state index contributed by atoms with van der Waals surface area (Å²) in [7, 11) is -3.62. The quantitative estimate of drug-likeness (QED) is 0.326. The van der Waals surface area contributed by atoms with Crippen molar-refractivity contribution in [3.05, 3.63) is 48.0 Å². The summed E-state index contributed by atoms with van der Waals surface area (Å²) in [4.78, 5) is 5.03. The molecule has 2 saturated heterocycles. The lowest BCUT2D eigenvalue weighted by molar-refractivity contribution is -0.0503. The molecule has 1 aromatic heterocycles. The van der Waals surface area contributed by atoms with Gasteiger partial charge in [-0.25, -0.2) is 13.4 Å². The molecular formula is C26H31F2N3O4S2. The second kappa shape index (κ2) is 11.3. The highest BCUT2D eigenvalue weighted by Crippen LogP contribution is 2.33.